The van der Waals surface area contributed by atoms with Crippen molar-refractivity contribution in [1.82, 2.24) is 15.5 Å². The highest BCUT2D eigenvalue weighted by Crippen LogP contribution is 2.22. The predicted molar refractivity (Wildman–Crippen MR) is 65.3 cm³/mol. The minimum absolute atomic E-state index is 0.168. The van der Waals surface area contributed by atoms with Crippen LogP contribution < -0.4 is 5.32 Å². The molecule has 0 fully saturated rings. The fraction of sp³-hybridized carbons (Fsp3) is 0.750. The lowest BCUT2D eigenvalue weighted by Crippen LogP contribution is -2.48. The monoisotopic (exact) mass is 225 g/mol. The second-order valence-corrected chi connectivity index (χ2v) is 4.46. The summed E-state index contributed by atoms with van der Waals surface area (Å²) in [5, 5.41) is 20.0. The molecule has 0 aliphatic heterocycles. The number of H-pyrrole nitrogens is 1. The van der Waals surface area contributed by atoms with E-state index in [1.807, 2.05) is 13.1 Å². The molecular weight excluding hydrogens is 202 g/mol. The molecule has 4 nitrogen and oxygen atoms in total. The minimum Gasteiger partial charge on any atom is -0.394 e. The van der Waals surface area contributed by atoms with Crippen molar-refractivity contribution in [3.63, 3.8) is 0 Å². The largest absolute Gasteiger partial charge is 0.394 e. The van der Waals surface area contributed by atoms with Crippen LogP contribution in [0.3, 0.4) is 0 Å². The van der Waals surface area contributed by atoms with Gasteiger partial charge in [-0.1, -0.05) is 13.8 Å². The van der Waals surface area contributed by atoms with Crippen molar-refractivity contribution >= 4 is 0 Å². The lowest BCUT2D eigenvalue weighted by atomic mass is 9.92. The normalized spacial score (nSPS) is 14.1. The molecule has 1 heterocycles. The molecule has 0 aromatic carbocycles. The topological polar surface area (TPSA) is 60.9 Å². The second-order valence-electron chi connectivity index (χ2n) is 4.46. The van der Waals surface area contributed by atoms with E-state index in [1.54, 1.807) is 0 Å². The van der Waals surface area contributed by atoms with Gasteiger partial charge in [0.05, 0.1) is 12.8 Å². The van der Waals surface area contributed by atoms with Gasteiger partial charge in [-0.25, -0.2) is 0 Å². The highest BCUT2D eigenvalue weighted by molar-refractivity contribution is 5.19. The Balaban J connectivity index is 2.76. The number of aromatic nitrogens is 2. The summed E-state index contributed by atoms with van der Waals surface area (Å²) < 4.78 is 0. The first-order valence-corrected chi connectivity index (χ1v) is 5.97. The number of aliphatic hydroxyl groups is 1. The zero-order chi connectivity index (χ0) is 12.2. The molecule has 0 aliphatic carbocycles. The molecule has 1 aromatic heterocycles. The fourth-order valence-electron chi connectivity index (χ4n) is 2.06. The molecule has 0 bridgehead atoms. The standard InChI is InChI=1S/C12H23N3O/c1-5-12(6-2,8-16)14-9(3)11-7-13-15-10(11)4/h7,9,14,16H,5-6,8H2,1-4H3,(H,13,15). The number of hydrogen-bond donors (Lipinski definition) is 3. The summed E-state index contributed by atoms with van der Waals surface area (Å²) in [5.74, 6) is 0. The van der Waals surface area contributed by atoms with E-state index in [2.05, 4.69) is 36.3 Å². The number of aliphatic hydroxyl groups excluding tert-OH is 1. The minimum atomic E-state index is -0.177. The molecule has 0 radical (unpaired) electrons. The van der Waals surface area contributed by atoms with Crippen molar-refractivity contribution in [2.75, 3.05) is 6.61 Å². The van der Waals surface area contributed by atoms with Gasteiger partial charge in [0.2, 0.25) is 0 Å². The molecule has 0 amide bonds. The molecule has 4 heteroatoms. The van der Waals surface area contributed by atoms with Crippen LogP contribution in [0.4, 0.5) is 0 Å². The van der Waals surface area contributed by atoms with E-state index in [-0.39, 0.29) is 18.2 Å². The summed E-state index contributed by atoms with van der Waals surface area (Å²) in [6, 6.07) is 0.200. The number of nitrogens with zero attached hydrogens (tertiary/aromatic N) is 1. The van der Waals surface area contributed by atoms with Gasteiger partial charge in [-0.3, -0.25) is 5.10 Å². The molecule has 0 spiro atoms. The Morgan fingerprint density at radius 2 is 2.12 bits per heavy atom. The van der Waals surface area contributed by atoms with Crippen LogP contribution in [-0.2, 0) is 0 Å². The molecule has 1 unspecified atom stereocenters. The SMILES string of the molecule is CCC(CC)(CO)NC(C)c1cn[nH]c1C. The second kappa shape index (κ2) is 5.46. The molecule has 92 valence electrons. The molecule has 0 saturated heterocycles. The number of nitrogens with one attached hydrogen (secondary N) is 2. The Labute approximate surface area is 97.5 Å². The van der Waals surface area contributed by atoms with Crippen LogP contribution in [-0.4, -0.2) is 27.4 Å². The first-order valence-electron chi connectivity index (χ1n) is 5.97. The van der Waals surface area contributed by atoms with E-state index in [0.717, 1.165) is 18.5 Å². The van der Waals surface area contributed by atoms with Crippen molar-refractivity contribution in [2.45, 2.75) is 52.1 Å². The zero-order valence-electron chi connectivity index (χ0n) is 10.7. The van der Waals surface area contributed by atoms with Crippen molar-refractivity contribution in [3.05, 3.63) is 17.5 Å². The van der Waals surface area contributed by atoms with Crippen LogP contribution in [0.5, 0.6) is 0 Å². The van der Waals surface area contributed by atoms with E-state index in [1.165, 1.54) is 5.56 Å². The average Bonchev–Trinajstić information content (AvgIpc) is 2.72. The van der Waals surface area contributed by atoms with E-state index >= 15 is 0 Å². The van der Waals surface area contributed by atoms with Gasteiger partial charge in [-0.2, -0.15) is 5.10 Å². The third-order valence-electron chi connectivity index (χ3n) is 3.51. The van der Waals surface area contributed by atoms with E-state index in [4.69, 9.17) is 0 Å². The molecule has 3 N–H and O–H groups in total. The highest BCUT2D eigenvalue weighted by Gasteiger charge is 2.27. The van der Waals surface area contributed by atoms with E-state index in [0.29, 0.717) is 0 Å². The van der Waals surface area contributed by atoms with Crippen LogP contribution >= 0.6 is 0 Å². The number of aryl methyl sites for hydroxylation is 1. The van der Waals surface area contributed by atoms with Gasteiger partial charge in [0.1, 0.15) is 0 Å². The van der Waals surface area contributed by atoms with Crippen LogP contribution in [0.2, 0.25) is 0 Å². The van der Waals surface area contributed by atoms with Gasteiger partial charge >= 0.3 is 0 Å². The van der Waals surface area contributed by atoms with Gasteiger partial charge in [-0.15, -0.1) is 0 Å². The van der Waals surface area contributed by atoms with E-state index < -0.39 is 0 Å². The fourth-order valence-corrected chi connectivity index (χ4v) is 2.06. The summed E-state index contributed by atoms with van der Waals surface area (Å²) >= 11 is 0. The predicted octanol–water partition coefficient (Wildman–Crippen LogP) is 1.92. The van der Waals surface area contributed by atoms with Gasteiger partial charge in [0.25, 0.3) is 0 Å². The zero-order valence-corrected chi connectivity index (χ0v) is 10.7. The summed E-state index contributed by atoms with van der Waals surface area (Å²) in [4.78, 5) is 0. The van der Waals surface area contributed by atoms with Gasteiger partial charge in [0.15, 0.2) is 0 Å². The van der Waals surface area contributed by atoms with Crippen LogP contribution in [0, 0.1) is 6.92 Å². The number of hydrogen-bond acceptors (Lipinski definition) is 3. The van der Waals surface area contributed by atoms with Crippen LogP contribution in [0.15, 0.2) is 6.20 Å². The Morgan fingerprint density at radius 3 is 2.50 bits per heavy atom. The molecule has 1 rings (SSSR count). The van der Waals surface area contributed by atoms with E-state index in [9.17, 15) is 5.11 Å². The molecule has 16 heavy (non-hydrogen) atoms. The third kappa shape index (κ3) is 2.62. The van der Waals surface area contributed by atoms with Crippen molar-refractivity contribution in [1.29, 1.82) is 0 Å². The molecule has 0 saturated carbocycles. The lowest BCUT2D eigenvalue weighted by Gasteiger charge is -2.34. The van der Waals surface area contributed by atoms with Gasteiger partial charge in [0, 0.05) is 22.8 Å². The highest BCUT2D eigenvalue weighted by atomic mass is 16.3. The van der Waals surface area contributed by atoms with Crippen molar-refractivity contribution in [2.24, 2.45) is 0 Å². The molecular formula is C12H23N3O. The van der Waals surface area contributed by atoms with Crippen LogP contribution in [0.1, 0.15) is 50.9 Å². The smallest absolute Gasteiger partial charge is 0.0613 e. The van der Waals surface area contributed by atoms with Crippen molar-refractivity contribution in [3.8, 4) is 0 Å². The lowest BCUT2D eigenvalue weighted by molar-refractivity contribution is 0.140. The van der Waals surface area contributed by atoms with Crippen LogP contribution in [0.25, 0.3) is 0 Å². The first-order chi connectivity index (χ1) is 7.58. The Hall–Kier alpha value is -0.870. The van der Waals surface area contributed by atoms with Gasteiger partial charge < -0.3 is 10.4 Å². The Bertz CT molecular complexity index is 310. The maximum Gasteiger partial charge on any atom is 0.0613 e. The quantitative estimate of drug-likeness (QED) is 0.693. The first kappa shape index (κ1) is 13.2. The molecule has 1 aromatic rings. The summed E-state index contributed by atoms with van der Waals surface area (Å²) in [6.07, 6.45) is 3.68. The summed E-state index contributed by atoms with van der Waals surface area (Å²) in [5.41, 5.74) is 2.07. The number of aromatic amines is 1. The summed E-state index contributed by atoms with van der Waals surface area (Å²) in [7, 11) is 0. The third-order valence-corrected chi connectivity index (χ3v) is 3.51. The molecule has 0 aliphatic rings. The number of rotatable bonds is 6. The van der Waals surface area contributed by atoms with Gasteiger partial charge in [-0.05, 0) is 26.7 Å². The Morgan fingerprint density at radius 1 is 1.50 bits per heavy atom. The summed E-state index contributed by atoms with van der Waals surface area (Å²) in [6.45, 7) is 8.48. The van der Waals surface area contributed by atoms with Crippen molar-refractivity contribution < 1.29 is 5.11 Å². The Kier molecular flexibility index (Phi) is 4.50. The maximum atomic E-state index is 9.51. The molecule has 1 atom stereocenters. The average molecular weight is 225 g/mol. The maximum absolute atomic E-state index is 9.51.